The first-order valence-electron chi connectivity index (χ1n) is 9.46. The van der Waals surface area contributed by atoms with Crippen LogP contribution in [0, 0.1) is 0 Å². The number of hydrogen-bond donors (Lipinski definition) is 1. The zero-order valence-electron chi connectivity index (χ0n) is 16.1. The minimum absolute atomic E-state index is 0.0849. The van der Waals surface area contributed by atoms with Crippen LogP contribution < -0.4 is 9.47 Å². The van der Waals surface area contributed by atoms with Gasteiger partial charge in [0.2, 0.25) is 0 Å². The highest BCUT2D eigenvalue weighted by Gasteiger charge is 2.30. The van der Waals surface area contributed by atoms with Crippen molar-refractivity contribution in [1.82, 2.24) is 20.0 Å². The summed E-state index contributed by atoms with van der Waals surface area (Å²) in [5.74, 6) is 1.49. The van der Waals surface area contributed by atoms with Gasteiger partial charge in [-0.1, -0.05) is 0 Å². The lowest BCUT2D eigenvalue weighted by Crippen LogP contribution is -2.50. The van der Waals surface area contributed by atoms with Crippen LogP contribution in [0.1, 0.15) is 45.3 Å². The first kappa shape index (κ1) is 18.3. The van der Waals surface area contributed by atoms with E-state index < -0.39 is 0 Å². The van der Waals surface area contributed by atoms with Gasteiger partial charge in [-0.05, 0) is 31.0 Å². The van der Waals surface area contributed by atoms with Gasteiger partial charge >= 0.3 is 0 Å². The molecule has 0 spiro atoms. The normalized spacial score (nSPS) is 16.8. The van der Waals surface area contributed by atoms with Gasteiger partial charge in [0.05, 0.1) is 14.2 Å². The molecule has 2 amide bonds. The number of amides is 2. The van der Waals surface area contributed by atoms with Crippen LogP contribution in [0.15, 0.2) is 24.3 Å². The lowest BCUT2D eigenvalue weighted by molar-refractivity contribution is 0.0532. The van der Waals surface area contributed by atoms with Gasteiger partial charge in [0, 0.05) is 49.4 Å². The van der Waals surface area contributed by atoms with Crippen molar-refractivity contribution < 1.29 is 19.1 Å². The van der Waals surface area contributed by atoms with Crippen molar-refractivity contribution in [3.8, 4) is 11.5 Å². The first-order valence-corrected chi connectivity index (χ1v) is 9.46. The SMILES string of the molecule is COc1cc(OC)cc(C(=O)N2CCN(C(=O)c3cc(C4CC4)[nH]n3)CC2)c1. The maximum Gasteiger partial charge on any atom is 0.274 e. The Kier molecular flexibility index (Phi) is 4.93. The summed E-state index contributed by atoms with van der Waals surface area (Å²) in [6, 6.07) is 6.99. The summed E-state index contributed by atoms with van der Waals surface area (Å²) in [5.41, 5.74) is 2.01. The molecule has 1 aromatic carbocycles. The van der Waals surface area contributed by atoms with Gasteiger partial charge in [0.1, 0.15) is 17.2 Å². The van der Waals surface area contributed by atoms with Crippen LogP contribution in [0.5, 0.6) is 11.5 Å². The highest BCUT2D eigenvalue weighted by molar-refractivity contribution is 5.96. The number of aromatic amines is 1. The Balaban J connectivity index is 1.39. The Morgan fingerprint density at radius 2 is 1.50 bits per heavy atom. The number of methoxy groups -OCH3 is 2. The number of nitrogens with one attached hydrogen (secondary N) is 1. The number of rotatable bonds is 5. The number of carbonyl (C=O) groups excluding carboxylic acids is 2. The summed E-state index contributed by atoms with van der Waals surface area (Å²) in [5, 5.41) is 7.14. The monoisotopic (exact) mass is 384 g/mol. The molecule has 0 radical (unpaired) electrons. The van der Waals surface area contributed by atoms with E-state index in [0.717, 1.165) is 18.5 Å². The van der Waals surface area contributed by atoms with E-state index in [2.05, 4.69) is 10.2 Å². The van der Waals surface area contributed by atoms with Gasteiger partial charge in [-0.3, -0.25) is 14.7 Å². The zero-order valence-corrected chi connectivity index (χ0v) is 16.1. The standard InChI is InChI=1S/C20H24N4O4/c1-27-15-9-14(10-16(11-15)28-2)19(25)23-5-7-24(8-6-23)20(26)18-12-17(21-22-18)13-3-4-13/h9-13H,3-8H2,1-2H3,(H,21,22). The van der Waals surface area contributed by atoms with Crippen LogP contribution in [0.25, 0.3) is 0 Å². The second kappa shape index (κ2) is 7.53. The Hall–Kier alpha value is -3.03. The van der Waals surface area contributed by atoms with Crippen LogP contribution >= 0.6 is 0 Å². The van der Waals surface area contributed by atoms with E-state index in [0.29, 0.717) is 54.9 Å². The van der Waals surface area contributed by atoms with Crippen LogP contribution in [0.4, 0.5) is 0 Å². The fourth-order valence-electron chi connectivity index (χ4n) is 3.44. The molecule has 0 bridgehead atoms. The maximum absolute atomic E-state index is 12.9. The topological polar surface area (TPSA) is 87.8 Å². The van der Waals surface area contributed by atoms with E-state index in [9.17, 15) is 9.59 Å². The molecule has 0 unspecified atom stereocenters. The molecule has 148 valence electrons. The molecule has 1 aliphatic heterocycles. The molecule has 2 aliphatic rings. The van der Waals surface area contributed by atoms with Crippen molar-refractivity contribution in [2.24, 2.45) is 0 Å². The number of H-pyrrole nitrogens is 1. The molecule has 1 N–H and O–H groups in total. The molecule has 8 heteroatoms. The number of nitrogens with zero attached hydrogens (tertiary/aromatic N) is 3. The van der Waals surface area contributed by atoms with Crippen LogP contribution in [0.3, 0.4) is 0 Å². The van der Waals surface area contributed by atoms with Crippen molar-refractivity contribution in [2.75, 3.05) is 40.4 Å². The summed E-state index contributed by atoms with van der Waals surface area (Å²) >= 11 is 0. The second-order valence-corrected chi connectivity index (χ2v) is 7.17. The summed E-state index contributed by atoms with van der Waals surface area (Å²) in [6.45, 7) is 1.92. The van der Waals surface area contributed by atoms with Crippen molar-refractivity contribution >= 4 is 11.8 Å². The van der Waals surface area contributed by atoms with E-state index in [4.69, 9.17) is 9.47 Å². The third-order valence-electron chi connectivity index (χ3n) is 5.29. The number of aromatic nitrogens is 2. The molecule has 1 saturated carbocycles. The van der Waals surface area contributed by atoms with Crippen molar-refractivity contribution in [3.63, 3.8) is 0 Å². The minimum atomic E-state index is -0.0971. The maximum atomic E-state index is 12.9. The van der Waals surface area contributed by atoms with E-state index in [1.165, 1.54) is 0 Å². The van der Waals surface area contributed by atoms with Crippen molar-refractivity contribution in [1.29, 1.82) is 0 Å². The molecule has 1 saturated heterocycles. The molecule has 2 heterocycles. The zero-order chi connectivity index (χ0) is 19.7. The predicted octanol–water partition coefficient (Wildman–Crippen LogP) is 1.90. The molecular weight excluding hydrogens is 360 g/mol. The fraction of sp³-hybridized carbons (Fsp3) is 0.450. The van der Waals surface area contributed by atoms with Gasteiger partial charge in [-0.15, -0.1) is 0 Å². The van der Waals surface area contributed by atoms with Gasteiger partial charge < -0.3 is 19.3 Å². The van der Waals surface area contributed by atoms with E-state index in [-0.39, 0.29) is 11.8 Å². The smallest absolute Gasteiger partial charge is 0.274 e. The summed E-state index contributed by atoms with van der Waals surface area (Å²) in [6.07, 6.45) is 2.32. The van der Waals surface area contributed by atoms with E-state index in [1.54, 1.807) is 42.2 Å². The Morgan fingerprint density at radius 3 is 2.04 bits per heavy atom. The third-order valence-corrected chi connectivity index (χ3v) is 5.29. The Labute approximate surface area is 163 Å². The number of hydrogen-bond acceptors (Lipinski definition) is 5. The lowest BCUT2D eigenvalue weighted by Gasteiger charge is -2.34. The number of piperazine rings is 1. The molecule has 2 aromatic rings. The van der Waals surface area contributed by atoms with Crippen LogP contribution in [0.2, 0.25) is 0 Å². The minimum Gasteiger partial charge on any atom is -0.497 e. The van der Waals surface area contributed by atoms with Gasteiger partial charge in [0.15, 0.2) is 0 Å². The van der Waals surface area contributed by atoms with Gasteiger partial charge in [-0.2, -0.15) is 5.10 Å². The summed E-state index contributed by atoms with van der Waals surface area (Å²) < 4.78 is 10.5. The van der Waals surface area contributed by atoms with Crippen molar-refractivity contribution in [3.05, 3.63) is 41.2 Å². The third kappa shape index (κ3) is 3.67. The lowest BCUT2D eigenvalue weighted by atomic mass is 10.1. The molecule has 1 aliphatic carbocycles. The summed E-state index contributed by atoms with van der Waals surface area (Å²) in [7, 11) is 3.11. The molecule has 28 heavy (non-hydrogen) atoms. The first-order chi connectivity index (χ1) is 13.6. The second-order valence-electron chi connectivity index (χ2n) is 7.17. The largest absolute Gasteiger partial charge is 0.497 e. The van der Waals surface area contributed by atoms with E-state index >= 15 is 0 Å². The quantitative estimate of drug-likeness (QED) is 0.851. The summed E-state index contributed by atoms with van der Waals surface area (Å²) in [4.78, 5) is 29.0. The predicted molar refractivity (Wildman–Crippen MR) is 102 cm³/mol. The van der Waals surface area contributed by atoms with Crippen LogP contribution in [-0.4, -0.2) is 72.2 Å². The van der Waals surface area contributed by atoms with Gasteiger partial charge in [-0.25, -0.2) is 0 Å². The van der Waals surface area contributed by atoms with Gasteiger partial charge in [0.25, 0.3) is 11.8 Å². The Bertz CT molecular complexity index is 860. The molecule has 0 atom stereocenters. The molecular formula is C20H24N4O4. The highest BCUT2D eigenvalue weighted by atomic mass is 16.5. The molecule has 4 rings (SSSR count). The fourth-order valence-corrected chi connectivity index (χ4v) is 3.44. The molecule has 2 fully saturated rings. The molecule has 8 nitrogen and oxygen atoms in total. The van der Waals surface area contributed by atoms with E-state index in [1.807, 2.05) is 6.07 Å². The van der Waals surface area contributed by atoms with Crippen molar-refractivity contribution in [2.45, 2.75) is 18.8 Å². The number of ether oxygens (including phenoxy) is 2. The van der Waals surface area contributed by atoms with Crippen LogP contribution in [-0.2, 0) is 0 Å². The Morgan fingerprint density at radius 1 is 0.929 bits per heavy atom. The average molecular weight is 384 g/mol. The number of benzene rings is 1. The number of carbonyl (C=O) groups is 2. The average Bonchev–Trinajstić information content (AvgIpc) is 3.49. The molecule has 1 aromatic heterocycles. The highest BCUT2D eigenvalue weighted by Crippen LogP contribution is 2.39.